The monoisotopic (exact) mass is 290 g/mol. The van der Waals surface area contributed by atoms with E-state index in [1.807, 2.05) is 26.0 Å². The van der Waals surface area contributed by atoms with Crippen molar-refractivity contribution in [2.45, 2.75) is 13.8 Å². The van der Waals surface area contributed by atoms with E-state index in [1.54, 1.807) is 19.2 Å². The fourth-order valence-electron chi connectivity index (χ4n) is 2.32. The van der Waals surface area contributed by atoms with Gasteiger partial charge < -0.3 is 9.84 Å². The summed E-state index contributed by atoms with van der Waals surface area (Å²) in [6, 6.07) is 8.73. The van der Waals surface area contributed by atoms with Crippen LogP contribution in [0, 0.1) is 13.8 Å². The number of benzene rings is 2. The predicted molar refractivity (Wildman–Crippen MR) is 79.9 cm³/mol. The third-order valence-electron chi connectivity index (χ3n) is 3.10. The Hall–Kier alpha value is -2.00. The van der Waals surface area contributed by atoms with Crippen molar-refractivity contribution < 1.29 is 14.6 Å². The first kappa shape index (κ1) is 14.4. The van der Waals surface area contributed by atoms with Crippen LogP contribution >= 0.6 is 11.6 Å². The average molecular weight is 291 g/mol. The largest absolute Gasteiger partial charge is 0.496 e. The number of carboxylic acids is 1. The second kappa shape index (κ2) is 5.55. The molecule has 0 saturated carbocycles. The molecule has 1 N–H and O–H groups in total. The lowest BCUT2D eigenvalue weighted by atomic mass is 9.96. The van der Waals surface area contributed by atoms with E-state index >= 15 is 0 Å². The van der Waals surface area contributed by atoms with Crippen molar-refractivity contribution in [2.75, 3.05) is 7.11 Å². The number of carbonyl (C=O) groups is 1. The zero-order valence-corrected chi connectivity index (χ0v) is 12.3. The summed E-state index contributed by atoms with van der Waals surface area (Å²) in [5, 5.41) is 9.52. The first-order valence-corrected chi connectivity index (χ1v) is 6.49. The first-order valence-electron chi connectivity index (χ1n) is 6.12. The lowest BCUT2D eigenvalue weighted by Gasteiger charge is -2.14. The van der Waals surface area contributed by atoms with Gasteiger partial charge in [0.25, 0.3) is 0 Å². The molecule has 0 unspecified atom stereocenters. The molecule has 4 heteroatoms. The number of hydrogen-bond donors (Lipinski definition) is 1. The van der Waals surface area contributed by atoms with Crippen molar-refractivity contribution in [3.05, 3.63) is 52.0 Å². The van der Waals surface area contributed by atoms with Crippen LogP contribution in [0.5, 0.6) is 5.75 Å². The van der Waals surface area contributed by atoms with Crippen molar-refractivity contribution in [3.63, 3.8) is 0 Å². The highest BCUT2D eigenvalue weighted by molar-refractivity contribution is 6.31. The van der Waals surface area contributed by atoms with Gasteiger partial charge in [0.05, 0.1) is 12.7 Å². The SMILES string of the molecule is COc1cc(C)cc(C)c1-c1cc(Cl)cc(C(=O)O)c1. The molecule has 0 amide bonds. The molecule has 0 aromatic heterocycles. The van der Waals surface area contributed by atoms with Gasteiger partial charge in [-0.05, 0) is 54.8 Å². The van der Waals surface area contributed by atoms with E-state index in [1.165, 1.54) is 6.07 Å². The highest BCUT2D eigenvalue weighted by atomic mass is 35.5. The summed E-state index contributed by atoms with van der Waals surface area (Å²) in [5.41, 5.74) is 3.87. The molecule has 2 aromatic rings. The maximum absolute atomic E-state index is 11.1. The molecule has 0 heterocycles. The number of ether oxygens (including phenoxy) is 1. The molecule has 0 aliphatic carbocycles. The van der Waals surface area contributed by atoms with E-state index in [9.17, 15) is 4.79 Å². The van der Waals surface area contributed by atoms with Crippen molar-refractivity contribution in [3.8, 4) is 16.9 Å². The van der Waals surface area contributed by atoms with Crippen LogP contribution in [-0.4, -0.2) is 18.2 Å². The lowest BCUT2D eigenvalue weighted by molar-refractivity contribution is 0.0697. The lowest BCUT2D eigenvalue weighted by Crippen LogP contribution is -1.98. The van der Waals surface area contributed by atoms with Crippen molar-refractivity contribution in [1.82, 2.24) is 0 Å². The van der Waals surface area contributed by atoms with Crippen LogP contribution in [0.25, 0.3) is 11.1 Å². The molecule has 0 saturated heterocycles. The number of carboxylic acid groups (broad SMARTS) is 1. The van der Waals surface area contributed by atoms with Crippen LogP contribution in [0.1, 0.15) is 21.5 Å². The van der Waals surface area contributed by atoms with Gasteiger partial charge in [-0.25, -0.2) is 4.79 Å². The average Bonchev–Trinajstić information content (AvgIpc) is 2.36. The van der Waals surface area contributed by atoms with Gasteiger partial charge in [0.1, 0.15) is 5.75 Å². The third-order valence-corrected chi connectivity index (χ3v) is 3.32. The maximum atomic E-state index is 11.1. The molecule has 2 aromatic carbocycles. The molecule has 104 valence electrons. The molecule has 0 radical (unpaired) electrons. The van der Waals surface area contributed by atoms with Crippen molar-refractivity contribution >= 4 is 17.6 Å². The Kier molecular flexibility index (Phi) is 4.00. The Morgan fingerprint density at radius 1 is 1.15 bits per heavy atom. The maximum Gasteiger partial charge on any atom is 0.335 e. The molecule has 0 bridgehead atoms. The van der Waals surface area contributed by atoms with Crippen LogP contribution in [-0.2, 0) is 0 Å². The fourth-order valence-corrected chi connectivity index (χ4v) is 2.55. The molecule has 0 aliphatic heterocycles. The minimum Gasteiger partial charge on any atom is -0.496 e. The molecule has 0 spiro atoms. The van der Waals surface area contributed by atoms with E-state index < -0.39 is 5.97 Å². The zero-order valence-electron chi connectivity index (χ0n) is 11.5. The summed E-state index contributed by atoms with van der Waals surface area (Å²) in [4.78, 5) is 11.1. The Labute approximate surface area is 122 Å². The van der Waals surface area contributed by atoms with Crippen LogP contribution in [0.4, 0.5) is 0 Å². The zero-order chi connectivity index (χ0) is 14.9. The van der Waals surface area contributed by atoms with Gasteiger partial charge in [-0.3, -0.25) is 0 Å². The van der Waals surface area contributed by atoms with Crippen LogP contribution in [0.2, 0.25) is 5.02 Å². The summed E-state index contributed by atoms with van der Waals surface area (Å²) in [6.07, 6.45) is 0. The van der Waals surface area contributed by atoms with Crippen LogP contribution in [0.15, 0.2) is 30.3 Å². The Morgan fingerprint density at radius 3 is 2.45 bits per heavy atom. The molecule has 0 atom stereocenters. The Balaban J connectivity index is 2.71. The van der Waals surface area contributed by atoms with E-state index in [-0.39, 0.29) is 5.56 Å². The second-order valence-corrected chi connectivity index (χ2v) is 5.13. The van der Waals surface area contributed by atoms with Gasteiger partial charge in [-0.2, -0.15) is 0 Å². The van der Waals surface area contributed by atoms with Gasteiger partial charge in [-0.15, -0.1) is 0 Å². The van der Waals surface area contributed by atoms with Gasteiger partial charge in [0, 0.05) is 10.6 Å². The van der Waals surface area contributed by atoms with Crippen molar-refractivity contribution in [2.24, 2.45) is 0 Å². The minimum absolute atomic E-state index is 0.162. The highest BCUT2D eigenvalue weighted by Gasteiger charge is 2.14. The number of rotatable bonds is 3. The standard InChI is InChI=1S/C16H15ClO3/c1-9-4-10(2)15(14(5-9)20-3)11-6-12(16(18)19)8-13(17)7-11/h4-8H,1-3H3,(H,18,19). The second-order valence-electron chi connectivity index (χ2n) is 4.69. The van der Waals surface area contributed by atoms with Gasteiger partial charge in [0.2, 0.25) is 0 Å². The summed E-state index contributed by atoms with van der Waals surface area (Å²) >= 11 is 6.02. The van der Waals surface area contributed by atoms with E-state index in [2.05, 4.69) is 0 Å². The number of aryl methyl sites for hydroxylation is 2. The summed E-state index contributed by atoms with van der Waals surface area (Å²) in [5.74, 6) is -0.293. The molecule has 0 fully saturated rings. The normalized spacial score (nSPS) is 10.4. The van der Waals surface area contributed by atoms with Crippen LogP contribution in [0.3, 0.4) is 0 Å². The number of methoxy groups -OCH3 is 1. The topological polar surface area (TPSA) is 46.5 Å². The van der Waals surface area contributed by atoms with E-state index in [0.29, 0.717) is 10.8 Å². The minimum atomic E-state index is -1.00. The summed E-state index contributed by atoms with van der Waals surface area (Å²) in [7, 11) is 1.60. The Morgan fingerprint density at radius 2 is 1.85 bits per heavy atom. The quantitative estimate of drug-likeness (QED) is 0.915. The van der Waals surface area contributed by atoms with E-state index in [0.717, 1.165) is 22.3 Å². The fraction of sp³-hybridized carbons (Fsp3) is 0.188. The molecule has 2 rings (SSSR count). The first-order chi connectivity index (χ1) is 9.42. The molecular formula is C16H15ClO3. The molecular weight excluding hydrogens is 276 g/mol. The van der Waals surface area contributed by atoms with E-state index in [4.69, 9.17) is 21.4 Å². The van der Waals surface area contributed by atoms with Gasteiger partial charge in [-0.1, -0.05) is 17.7 Å². The van der Waals surface area contributed by atoms with Crippen LogP contribution < -0.4 is 4.74 Å². The van der Waals surface area contributed by atoms with Gasteiger partial charge >= 0.3 is 5.97 Å². The van der Waals surface area contributed by atoms with Gasteiger partial charge in [0.15, 0.2) is 0 Å². The summed E-state index contributed by atoms with van der Waals surface area (Å²) < 4.78 is 5.41. The number of hydrogen-bond acceptors (Lipinski definition) is 2. The highest BCUT2D eigenvalue weighted by Crippen LogP contribution is 2.36. The predicted octanol–water partition coefficient (Wildman–Crippen LogP) is 4.33. The summed E-state index contributed by atoms with van der Waals surface area (Å²) in [6.45, 7) is 3.95. The third kappa shape index (κ3) is 2.78. The Bertz CT molecular complexity index is 678. The number of halogens is 1. The van der Waals surface area contributed by atoms with Crippen molar-refractivity contribution in [1.29, 1.82) is 0 Å². The number of aromatic carboxylic acids is 1. The smallest absolute Gasteiger partial charge is 0.335 e. The molecule has 3 nitrogen and oxygen atoms in total. The molecule has 20 heavy (non-hydrogen) atoms. The molecule has 0 aliphatic rings.